The van der Waals surface area contributed by atoms with Crippen LogP contribution in [0.2, 0.25) is 0 Å². The lowest BCUT2D eigenvalue weighted by molar-refractivity contribution is -0.131. The maximum atomic E-state index is 13.7. The molecule has 2 heterocycles. The maximum Gasteiger partial charge on any atom is 0.410 e. The number of para-hydroxylation sites is 1. The van der Waals surface area contributed by atoms with Gasteiger partial charge in [-0.05, 0) is 46.9 Å². The molecule has 4 rings (SSSR count). The van der Waals surface area contributed by atoms with Crippen molar-refractivity contribution in [1.29, 1.82) is 0 Å². The van der Waals surface area contributed by atoms with E-state index in [1.54, 1.807) is 32.2 Å². The smallest absolute Gasteiger partial charge is 0.410 e. The first-order chi connectivity index (χ1) is 14.8. The summed E-state index contributed by atoms with van der Waals surface area (Å²) < 4.78 is 12.3. The van der Waals surface area contributed by atoms with E-state index in [-0.39, 0.29) is 18.9 Å². The molecule has 2 aromatic rings. The van der Waals surface area contributed by atoms with Crippen LogP contribution in [0, 0.1) is 3.57 Å². The zero-order chi connectivity index (χ0) is 22.3. The van der Waals surface area contributed by atoms with Crippen molar-refractivity contribution < 1.29 is 24.2 Å². The Labute approximate surface area is 194 Å². The minimum absolute atomic E-state index is 0.155. The molecule has 164 valence electrons. The highest BCUT2D eigenvalue weighted by Gasteiger charge is 2.59. The number of fused-ring (bicyclic) bond motifs is 1. The largest absolute Gasteiger partial charge is 0.496 e. The van der Waals surface area contributed by atoms with Crippen molar-refractivity contribution in [2.75, 3.05) is 33.1 Å². The molecule has 2 N–H and O–H groups in total. The molecule has 0 aliphatic carbocycles. The van der Waals surface area contributed by atoms with E-state index in [0.717, 1.165) is 9.13 Å². The lowest BCUT2D eigenvalue weighted by atomic mass is 9.81. The van der Waals surface area contributed by atoms with Gasteiger partial charge in [0.2, 0.25) is 0 Å². The molecule has 31 heavy (non-hydrogen) atoms. The molecular formula is C22H24IN3O5. The number of nitrogens with one attached hydrogen (secondary N) is 1. The standard InChI is InChI=1S/C22H24IN3O5/c1-25(2)21(29)31-19-11-14(27)12-26(19)22(15-6-4-5-7-18(15)30-3)16-10-13(23)8-9-17(16)24-20(22)28/h4-10,14,19,27H,11-12H2,1-3H3,(H,24,28)/t14-,19+,22?/m1/s1. The van der Waals surface area contributed by atoms with Gasteiger partial charge >= 0.3 is 6.09 Å². The number of likely N-dealkylation sites (tertiary alicyclic amines) is 1. The van der Waals surface area contributed by atoms with Crippen molar-refractivity contribution in [2.24, 2.45) is 0 Å². The van der Waals surface area contributed by atoms with Gasteiger partial charge in [-0.1, -0.05) is 18.2 Å². The first kappa shape index (κ1) is 21.8. The monoisotopic (exact) mass is 537 g/mol. The van der Waals surface area contributed by atoms with Gasteiger partial charge in [-0.2, -0.15) is 0 Å². The predicted molar refractivity (Wildman–Crippen MR) is 123 cm³/mol. The Bertz CT molecular complexity index is 1030. The van der Waals surface area contributed by atoms with Crippen molar-refractivity contribution in [3.63, 3.8) is 0 Å². The molecular weight excluding hydrogens is 513 g/mol. The summed E-state index contributed by atoms with van der Waals surface area (Å²) in [5.41, 5.74) is 0.692. The second-order valence-electron chi connectivity index (χ2n) is 7.83. The van der Waals surface area contributed by atoms with Gasteiger partial charge < -0.3 is 24.8 Å². The van der Waals surface area contributed by atoms with Crippen LogP contribution in [0.4, 0.5) is 10.5 Å². The Hall–Kier alpha value is -2.37. The second kappa shape index (κ2) is 8.29. The Morgan fingerprint density at radius 1 is 1.26 bits per heavy atom. The average molecular weight is 537 g/mol. The Morgan fingerprint density at radius 3 is 2.71 bits per heavy atom. The molecule has 2 aliphatic rings. The SMILES string of the molecule is COc1ccccc1C1(N2C[C@H](O)C[C@@H]2OC(=O)N(C)C)C(=O)Nc2ccc(I)cc21. The van der Waals surface area contributed by atoms with E-state index >= 15 is 0 Å². The van der Waals surface area contributed by atoms with Crippen LogP contribution >= 0.6 is 22.6 Å². The summed E-state index contributed by atoms with van der Waals surface area (Å²) in [6.45, 7) is 0.155. The fourth-order valence-electron chi connectivity index (χ4n) is 4.38. The molecule has 2 aliphatic heterocycles. The third-order valence-corrected chi connectivity index (χ3v) is 6.38. The van der Waals surface area contributed by atoms with Crippen LogP contribution in [0.3, 0.4) is 0 Å². The highest BCUT2D eigenvalue weighted by atomic mass is 127. The number of hydrogen-bond donors (Lipinski definition) is 2. The number of hydrogen-bond acceptors (Lipinski definition) is 6. The highest BCUT2D eigenvalue weighted by Crippen LogP contribution is 2.51. The Morgan fingerprint density at radius 2 is 2.00 bits per heavy atom. The van der Waals surface area contributed by atoms with Crippen LogP contribution in [-0.4, -0.2) is 67.0 Å². The van der Waals surface area contributed by atoms with E-state index in [0.29, 0.717) is 17.0 Å². The molecule has 9 heteroatoms. The van der Waals surface area contributed by atoms with E-state index in [1.807, 2.05) is 36.4 Å². The van der Waals surface area contributed by atoms with Gasteiger partial charge in [0.25, 0.3) is 5.91 Å². The normalized spacial score (nSPS) is 25.1. The molecule has 0 saturated carbocycles. The molecule has 1 fully saturated rings. The summed E-state index contributed by atoms with van der Waals surface area (Å²) in [5.74, 6) is 0.248. The number of aliphatic hydroxyl groups is 1. The lowest BCUT2D eigenvalue weighted by Crippen LogP contribution is -2.55. The number of carbonyl (C=O) groups excluding carboxylic acids is 2. The zero-order valence-corrected chi connectivity index (χ0v) is 19.6. The van der Waals surface area contributed by atoms with E-state index in [1.165, 1.54) is 4.90 Å². The Balaban J connectivity index is 1.96. The highest BCUT2D eigenvalue weighted by molar-refractivity contribution is 14.1. The quantitative estimate of drug-likeness (QED) is 0.583. The summed E-state index contributed by atoms with van der Waals surface area (Å²) >= 11 is 2.21. The van der Waals surface area contributed by atoms with E-state index < -0.39 is 24.0 Å². The number of anilines is 1. The van der Waals surface area contributed by atoms with Crippen LogP contribution in [-0.2, 0) is 15.1 Å². The summed E-state index contributed by atoms with van der Waals surface area (Å²) in [6.07, 6.45) is -1.90. The number of carbonyl (C=O) groups is 2. The van der Waals surface area contributed by atoms with Crippen LogP contribution in [0.1, 0.15) is 17.5 Å². The number of aliphatic hydroxyl groups excluding tert-OH is 1. The number of benzene rings is 2. The van der Waals surface area contributed by atoms with E-state index in [4.69, 9.17) is 9.47 Å². The number of nitrogens with zero attached hydrogens (tertiary/aromatic N) is 2. The molecule has 1 saturated heterocycles. The molecule has 8 nitrogen and oxygen atoms in total. The van der Waals surface area contributed by atoms with Gasteiger partial charge in [0.05, 0.1) is 13.2 Å². The Kier molecular flexibility index (Phi) is 5.84. The van der Waals surface area contributed by atoms with Crippen LogP contribution in [0.5, 0.6) is 5.75 Å². The molecule has 0 bridgehead atoms. The third-order valence-electron chi connectivity index (χ3n) is 5.71. The zero-order valence-electron chi connectivity index (χ0n) is 17.5. The van der Waals surface area contributed by atoms with Gasteiger partial charge in [0.1, 0.15) is 5.75 Å². The van der Waals surface area contributed by atoms with Crippen molar-refractivity contribution in [2.45, 2.75) is 24.3 Å². The summed E-state index contributed by atoms with van der Waals surface area (Å²) in [7, 11) is 4.74. The lowest BCUT2D eigenvalue weighted by Gasteiger charge is -2.41. The van der Waals surface area contributed by atoms with E-state index in [2.05, 4.69) is 27.9 Å². The summed E-state index contributed by atoms with van der Waals surface area (Å²) in [4.78, 5) is 29.2. The van der Waals surface area contributed by atoms with Crippen molar-refractivity contribution in [3.8, 4) is 5.75 Å². The minimum atomic E-state index is -1.34. The first-order valence-corrected chi connectivity index (χ1v) is 10.9. The van der Waals surface area contributed by atoms with Crippen LogP contribution < -0.4 is 10.1 Å². The minimum Gasteiger partial charge on any atom is -0.496 e. The number of methoxy groups -OCH3 is 1. The number of amides is 2. The van der Waals surface area contributed by atoms with Crippen LogP contribution in [0.25, 0.3) is 0 Å². The molecule has 0 radical (unpaired) electrons. The maximum absolute atomic E-state index is 13.7. The van der Waals surface area contributed by atoms with Gasteiger partial charge in [-0.25, -0.2) is 9.69 Å². The number of rotatable bonds is 4. The number of halogens is 1. The average Bonchev–Trinajstić information content (AvgIpc) is 3.24. The molecule has 0 aromatic heterocycles. The van der Waals surface area contributed by atoms with Crippen LogP contribution in [0.15, 0.2) is 42.5 Å². The van der Waals surface area contributed by atoms with Gasteiger partial charge in [-0.3, -0.25) is 4.79 Å². The molecule has 2 aromatic carbocycles. The molecule has 2 amide bonds. The molecule has 1 unspecified atom stereocenters. The molecule has 0 spiro atoms. The van der Waals surface area contributed by atoms with Gasteiger partial charge in [0, 0.05) is 47.4 Å². The van der Waals surface area contributed by atoms with E-state index in [9.17, 15) is 14.7 Å². The van der Waals surface area contributed by atoms with Crippen molar-refractivity contribution >= 4 is 40.3 Å². The van der Waals surface area contributed by atoms with Crippen molar-refractivity contribution in [1.82, 2.24) is 9.80 Å². The third kappa shape index (κ3) is 3.54. The topological polar surface area (TPSA) is 91.3 Å². The fourth-order valence-corrected chi connectivity index (χ4v) is 4.87. The number of ether oxygens (including phenoxy) is 2. The second-order valence-corrected chi connectivity index (χ2v) is 9.08. The first-order valence-electron chi connectivity index (χ1n) is 9.86. The van der Waals surface area contributed by atoms with Gasteiger partial charge in [0.15, 0.2) is 11.8 Å². The molecule has 3 atom stereocenters. The number of β-amino-alcohol motifs (C(OH)–C–C–N with tert-alkyl or cyclic N) is 1. The van der Waals surface area contributed by atoms with Crippen molar-refractivity contribution in [3.05, 3.63) is 57.2 Å². The summed E-state index contributed by atoms with van der Waals surface area (Å²) in [6, 6.07) is 13.0. The summed E-state index contributed by atoms with van der Waals surface area (Å²) in [5, 5.41) is 13.5. The predicted octanol–water partition coefficient (Wildman–Crippen LogP) is 2.59. The van der Waals surface area contributed by atoms with Gasteiger partial charge in [-0.15, -0.1) is 0 Å². The fraction of sp³-hybridized carbons (Fsp3) is 0.364.